The topological polar surface area (TPSA) is 24.1 Å². The fourth-order valence-electron chi connectivity index (χ4n) is 3.02. The minimum absolute atomic E-state index is 0.193. The normalized spacial score (nSPS) is 12.8. The number of anilines is 3. The molecule has 0 aromatic heterocycles. The fraction of sp³-hybridized carbons (Fsp3) is 0.286. The second-order valence-corrected chi connectivity index (χ2v) is 8.55. The number of para-hydroxylation sites is 1. The molecule has 0 amide bonds. The largest absolute Gasteiger partial charge is 0.378 e. The van der Waals surface area contributed by atoms with Crippen LogP contribution in [0, 0.1) is 5.41 Å². The molecule has 2 N–H and O–H groups in total. The van der Waals surface area contributed by atoms with Gasteiger partial charge in [0.05, 0.1) is 0 Å². The van der Waals surface area contributed by atoms with E-state index >= 15 is 0 Å². The van der Waals surface area contributed by atoms with E-state index in [1.54, 1.807) is 0 Å². The molecule has 0 saturated carbocycles. The molecule has 1 unspecified atom stereocenters. The van der Waals surface area contributed by atoms with E-state index in [2.05, 4.69) is 117 Å². The molecule has 2 rings (SSSR count). The first-order valence-electron chi connectivity index (χ1n) is 10.7. The summed E-state index contributed by atoms with van der Waals surface area (Å²) in [5.41, 5.74) is 4.60. The number of allylic oxidation sites excluding steroid dienone is 3. The smallest absolute Gasteiger partial charge is 0.0476 e. The zero-order chi connectivity index (χ0) is 21.8. The Morgan fingerprint density at radius 1 is 0.933 bits per heavy atom. The maximum Gasteiger partial charge on any atom is 0.0476 e. The molecular formula is C28H36N2. The van der Waals surface area contributed by atoms with Gasteiger partial charge in [-0.15, -0.1) is 13.2 Å². The van der Waals surface area contributed by atoms with Gasteiger partial charge in [0.2, 0.25) is 0 Å². The van der Waals surface area contributed by atoms with Crippen molar-refractivity contribution in [3.05, 3.63) is 97.6 Å². The number of hydrogen-bond donors (Lipinski definition) is 2. The second-order valence-electron chi connectivity index (χ2n) is 8.55. The number of benzene rings is 2. The Bertz CT molecular complexity index is 868. The predicted octanol–water partition coefficient (Wildman–Crippen LogP) is 8.37. The maximum atomic E-state index is 3.99. The number of hydrogen-bond acceptors (Lipinski definition) is 2. The van der Waals surface area contributed by atoms with Crippen LogP contribution < -0.4 is 10.6 Å². The Hall–Kier alpha value is -3.00. The lowest BCUT2D eigenvalue weighted by molar-refractivity contribution is 0.541. The Kier molecular flexibility index (Phi) is 9.21. The average molecular weight is 401 g/mol. The van der Waals surface area contributed by atoms with Gasteiger partial charge >= 0.3 is 0 Å². The molecule has 0 aliphatic rings. The van der Waals surface area contributed by atoms with Crippen molar-refractivity contribution in [3.8, 4) is 0 Å². The Morgan fingerprint density at radius 2 is 1.70 bits per heavy atom. The summed E-state index contributed by atoms with van der Waals surface area (Å²) in [5, 5.41) is 7.13. The second kappa shape index (κ2) is 11.9. The minimum atomic E-state index is 0.193. The standard InChI is InChI=1S/C28H36N2/c1-6-8-9-10-15-23-16-11-12-20-27(23)30-26-18-13-17-25(22-26)29-24(7-2)19-14-21-28(3,4)5/h6-7,10-18,20-22,24,29-30H,1-2,8-9,19H2,3-5H3/b15-10+,21-14+. The maximum absolute atomic E-state index is 3.99. The van der Waals surface area contributed by atoms with E-state index < -0.39 is 0 Å². The molecule has 0 aliphatic carbocycles. The summed E-state index contributed by atoms with van der Waals surface area (Å²) in [6.07, 6.45) is 15.7. The van der Waals surface area contributed by atoms with Crippen molar-refractivity contribution in [3.63, 3.8) is 0 Å². The van der Waals surface area contributed by atoms with E-state index in [0.29, 0.717) is 0 Å². The summed E-state index contributed by atoms with van der Waals surface area (Å²) in [7, 11) is 0. The van der Waals surface area contributed by atoms with E-state index in [1.165, 1.54) is 5.56 Å². The lowest BCUT2D eigenvalue weighted by Gasteiger charge is -2.17. The highest BCUT2D eigenvalue weighted by Crippen LogP contribution is 2.25. The van der Waals surface area contributed by atoms with Crippen molar-refractivity contribution in [2.45, 2.75) is 46.1 Å². The van der Waals surface area contributed by atoms with Gasteiger partial charge in [-0.2, -0.15) is 0 Å². The van der Waals surface area contributed by atoms with Gasteiger partial charge in [0.25, 0.3) is 0 Å². The van der Waals surface area contributed by atoms with Gasteiger partial charge in [0.1, 0.15) is 0 Å². The predicted molar refractivity (Wildman–Crippen MR) is 135 cm³/mol. The quantitative estimate of drug-likeness (QED) is 0.292. The molecule has 0 fully saturated rings. The van der Waals surface area contributed by atoms with Gasteiger partial charge in [-0.3, -0.25) is 0 Å². The van der Waals surface area contributed by atoms with E-state index in [9.17, 15) is 0 Å². The molecule has 0 bridgehead atoms. The molecule has 0 heterocycles. The average Bonchev–Trinajstić information content (AvgIpc) is 2.71. The Labute approximate surface area is 183 Å². The van der Waals surface area contributed by atoms with Gasteiger partial charge in [0, 0.05) is 23.1 Å². The van der Waals surface area contributed by atoms with E-state index in [0.717, 1.165) is 36.3 Å². The van der Waals surface area contributed by atoms with Crippen LogP contribution in [0.5, 0.6) is 0 Å². The molecular weight excluding hydrogens is 364 g/mol. The van der Waals surface area contributed by atoms with Crippen molar-refractivity contribution >= 4 is 23.1 Å². The summed E-state index contributed by atoms with van der Waals surface area (Å²) in [5.74, 6) is 0. The molecule has 30 heavy (non-hydrogen) atoms. The summed E-state index contributed by atoms with van der Waals surface area (Å²) in [6, 6.07) is 16.9. The van der Waals surface area contributed by atoms with Crippen LogP contribution in [-0.4, -0.2) is 6.04 Å². The van der Waals surface area contributed by atoms with Gasteiger partial charge in [-0.05, 0) is 54.5 Å². The van der Waals surface area contributed by atoms with Crippen LogP contribution >= 0.6 is 0 Å². The van der Waals surface area contributed by atoms with Crippen molar-refractivity contribution in [1.82, 2.24) is 0 Å². The van der Waals surface area contributed by atoms with Gasteiger partial charge in [0.15, 0.2) is 0 Å². The van der Waals surface area contributed by atoms with Crippen molar-refractivity contribution in [1.29, 1.82) is 0 Å². The zero-order valence-electron chi connectivity index (χ0n) is 18.7. The molecule has 158 valence electrons. The van der Waals surface area contributed by atoms with Crippen molar-refractivity contribution in [2.24, 2.45) is 5.41 Å². The highest BCUT2D eigenvalue weighted by molar-refractivity contribution is 5.73. The van der Waals surface area contributed by atoms with Crippen LogP contribution in [0.1, 0.15) is 45.6 Å². The van der Waals surface area contributed by atoms with E-state index in [-0.39, 0.29) is 11.5 Å². The molecule has 2 aromatic rings. The van der Waals surface area contributed by atoms with Crippen LogP contribution in [0.25, 0.3) is 6.08 Å². The SMILES string of the molecule is C=CCC/C=C/c1ccccc1Nc1cccc(NC(C=C)C/C=C/C(C)(C)C)c1. The number of rotatable bonds is 11. The zero-order valence-corrected chi connectivity index (χ0v) is 18.7. The number of unbranched alkanes of at least 4 members (excludes halogenated alkanes) is 1. The van der Waals surface area contributed by atoms with Crippen LogP contribution in [0.2, 0.25) is 0 Å². The van der Waals surface area contributed by atoms with Crippen LogP contribution in [0.15, 0.2) is 92.1 Å². The summed E-state index contributed by atoms with van der Waals surface area (Å²) < 4.78 is 0. The van der Waals surface area contributed by atoms with Crippen LogP contribution in [0.3, 0.4) is 0 Å². The Balaban J connectivity index is 2.07. The molecule has 0 spiro atoms. The first kappa shape index (κ1) is 23.3. The molecule has 1 atom stereocenters. The van der Waals surface area contributed by atoms with E-state index in [4.69, 9.17) is 0 Å². The highest BCUT2D eigenvalue weighted by Gasteiger charge is 2.07. The monoisotopic (exact) mass is 400 g/mol. The summed E-state index contributed by atoms with van der Waals surface area (Å²) in [4.78, 5) is 0. The Morgan fingerprint density at radius 3 is 2.43 bits per heavy atom. The van der Waals surface area contributed by atoms with Gasteiger partial charge < -0.3 is 10.6 Å². The summed E-state index contributed by atoms with van der Waals surface area (Å²) in [6.45, 7) is 14.4. The van der Waals surface area contributed by atoms with Gasteiger partial charge in [-0.25, -0.2) is 0 Å². The highest BCUT2D eigenvalue weighted by atomic mass is 14.9. The lowest BCUT2D eigenvalue weighted by atomic mass is 9.95. The molecule has 0 radical (unpaired) electrons. The van der Waals surface area contributed by atoms with E-state index in [1.807, 2.05) is 12.2 Å². The minimum Gasteiger partial charge on any atom is -0.378 e. The van der Waals surface area contributed by atoms with Crippen LogP contribution in [0.4, 0.5) is 17.1 Å². The third-order valence-electron chi connectivity index (χ3n) is 4.58. The van der Waals surface area contributed by atoms with Crippen LogP contribution in [-0.2, 0) is 0 Å². The third-order valence-corrected chi connectivity index (χ3v) is 4.58. The van der Waals surface area contributed by atoms with Crippen molar-refractivity contribution in [2.75, 3.05) is 10.6 Å². The third kappa shape index (κ3) is 8.57. The number of nitrogens with one attached hydrogen (secondary N) is 2. The summed E-state index contributed by atoms with van der Waals surface area (Å²) >= 11 is 0. The molecule has 2 aromatic carbocycles. The first-order chi connectivity index (χ1) is 14.4. The van der Waals surface area contributed by atoms with Crippen molar-refractivity contribution < 1.29 is 0 Å². The first-order valence-corrected chi connectivity index (χ1v) is 10.7. The molecule has 0 saturated heterocycles. The fourth-order valence-corrected chi connectivity index (χ4v) is 3.02. The van der Waals surface area contributed by atoms with Gasteiger partial charge in [-0.1, -0.05) is 81.5 Å². The molecule has 0 aliphatic heterocycles. The molecule has 2 heteroatoms. The molecule has 2 nitrogen and oxygen atoms in total. The lowest BCUT2D eigenvalue weighted by Crippen LogP contribution is -2.15.